The number of aryl methyl sites for hydroxylation is 1. The molecule has 0 saturated carbocycles. The molecule has 0 radical (unpaired) electrons. The summed E-state index contributed by atoms with van der Waals surface area (Å²) >= 11 is 0. The number of benzene rings is 1. The van der Waals surface area contributed by atoms with Crippen LogP contribution in [0.5, 0.6) is 11.6 Å². The Morgan fingerprint density at radius 2 is 1.96 bits per heavy atom. The molecule has 1 fully saturated rings. The summed E-state index contributed by atoms with van der Waals surface area (Å²) in [7, 11) is 0. The van der Waals surface area contributed by atoms with Crippen LogP contribution in [0.2, 0.25) is 0 Å². The summed E-state index contributed by atoms with van der Waals surface area (Å²) in [6.45, 7) is 10.7. The Morgan fingerprint density at radius 3 is 2.70 bits per heavy atom. The van der Waals surface area contributed by atoms with Crippen molar-refractivity contribution < 1.29 is 4.74 Å². The third-order valence-corrected chi connectivity index (χ3v) is 4.02. The van der Waals surface area contributed by atoms with E-state index < -0.39 is 0 Å². The largest absolute Gasteiger partial charge is 0.439 e. The van der Waals surface area contributed by atoms with Crippen LogP contribution >= 0.6 is 0 Å². The predicted molar refractivity (Wildman–Crippen MR) is 92.1 cm³/mol. The van der Waals surface area contributed by atoms with Gasteiger partial charge in [-0.05, 0) is 18.6 Å². The summed E-state index contributed by atoms with van der Waals surface area (Å²) in [5.41, 5.74) is 1.09. The molecule has 3 rings (SSSR count). The second-order valence-electron chi connectivity index (χ2n) is 5.66. The second kappa shape index (κ2) is 7.24. The summed E-state index contributed by atoms with van der Waals surface area (Å²) in [4.78, 5) is 13.3. The standard InChI is InChI=1S/C18H22N4O/c1-3-8-21-9-11-22(12-10-21)17-13-18(20-14-19-17)23-16-7-5-4-6-15(16)2/h3-7,13-14H,1,8-12H2,2H3. The van der Waals surface area contributed by atoms with E-state index in [-0.39, 0.29) is 0 Å². The molecule has 0 bridgehead atoms. The Labute approximate surface area is 137 Å². The van der Waals surface area contributed by atoms with E-state index >= 15 is 0 Å². The first-order valence-electron chi connectivity index (χ1n) is 7.90. The van der Waals surface area contributed by atoms with E-state index in [9.17, 15) is 0 Å². The van der Waals surface area contributed by atoms with Crippen molar-refractivity contribution >= 4 is 5.82 Å². The number of rotatable bonds is 5. The fourth-order valence-electron chi connectivity index (χ4n) is 2.68. The molecule has 1 aromatic heterocycles. The molecule has 23 heavy (non-hydrogen) atoms. The highest BCUT2D eigenvalue weighted by molar-refractivity contribution is 5.43. The molecule has 1 aliphatic rings. The molecule has 2 aromatic rings. The molecular weight excluding hydrogens is 288 g/mol. The normalized spacial score (nSPS) is 15.4. The van der Waals surface area contributed by atoms with Crippen molar-refractivity contribution in [3.05, 3.63) is 54.9 Å². The van der Waals surface area contributed by atoms with Gasteiger partial charge in [0, 0.05) is 38.8 Å². The van der Waals surface area contributed by atoms with Gasteiger partial charge < -0.3 is 9.64 Å². The average molecular weight is 310 g/mol. The topological polar surface area (TPSA) is 41.5 Å². The van der Waals surface area contributed by atoms with Gasteiger partial charge in [0.15, 0.2) is 0 Å². The maximum Gasteiger partial charge on any atom is 0.224 e. The monoisotopic (exact) mass is 310 g/mol. The Kier molecular flexibility index (Phi) is 4.88. The zero-order valence-electron chi connectivity index (χ0n) is 13.5. The van der Waals surface area contributed by atoms with Crippen LogP contribution in [0, 0.1) is 6.92 Å². The third kappa shape index (κ3) is 3.87. The zero-order valence-corrected chi connectivity index (χ0v) is 13.5. The van der Waals surface area contributed by atoms with Crippen LogP contribution < -0.4 is 9.64 Å². The Hall–Kier alpha value is -2.40. The number of hydrogen-bond donors (Lipinski definition) is 0. The van der Waals surface area contributed by atoms with Gasteiger partial charge in [-0.1, -0.05) is 24.3 Å². The van der Waals surface area contributed by atoms with Gasteiger partial charge in [-0.3, -0.25) is 4.90 Å². The van der Waals surface area contributed by atoms with Crippen LogP contribution in [0.3, 0.4) is 0 Å². The number of piperazine rings is 1. The predicted octanol–water partition coefficient (Wildman–Crippen LogP) is 2.89. The molecule has 5 nitrogen and oxygen atoms in total. The van der Waals surface area contributed by atoms with Gasteiger partial charge in [-0.15, -0.1) is 6.58 Å². The molecule has 0 spiro atoms. The molecule has 1 aliphatic heterocycles. The first kappa shape index (κ1) is 15.5. The molecule has 120 valence electrons. The van der Waals surface area contributed by atoms with E-state index in [0.717, 1.165) is 49.9 Å². The Morgan fingerprint density at radius 1 is 1.17 bits per heavy atom. The minimum atomic E-state index is 0.581. The molecule has 0 aliphatic carbocycles. The highest BCUT2D eigenvalue weighted by Gasteiger charge is 2.17. The minimum absolute atomic E-state index is 0.581. The molecule has 2 heterocycles. The van der Waals surface area contributed by atoms with E-state index in [0.29, 0.717) is 5.88 Å². The van der Waals surface area contributed by atoms with Gasteiger partial charge in [0.1, 0.15) is 17.9 Å². The molecule has 0 atom stereocenters. The van der Waals surface area contributed by atoms with Gasteiger partial charge in [0.05, 0.1) is 0 Å². The van der Waals surface area contributed by atoms with Crippen molar-refractivity contribution in [2.24, 2.45) is 0 Å². The number of ether oxygens (including phenoxy) is 1. The quantitative estimate of drug-likeness (QED) is 0.794. The summed E-state index contributed by atoms with van der Waals surface area (Å²) < 4.78 is 5.90. The van der Waals surface area contributed by atoms with Crippen molar-refractivity contribution in [3.8, 4) is 11.6 Å². The lowest BCUT2D eigenvalue weighted by Crippen LogP contribution is -2.46. The lowest BCUT2D eigenvalue weighted by molar-refractivity contribution is 0.283. The fraction of sp³-hybridized carbons (Fsp3) is 0.333. The molecule has 0 unspecified atom stereocenters. The van der Waals surface area contributed by atoms with Crippen molar-refractivity contribution in [1.82, 2.24) is 14.9 Å². The third-order valence-electron chi connectivity index (χ3n) is 4.02. The van der Waals surface area contributed by atoms with Crippen LogP contribution in [0.15, 0.2) is 49.3 Å². The van der Waals surface area contributed by atoms with E-state index in [4.69, 9.17) is 4.74 Å². The highest BCUT2D eigenvalue weighted by Crippen LogP contribution is 2.25. The SMILES string of the molecule is C=CCN1CCN(c2cc(Oc3ccccc3C)ncn2)CC1. The number of hydrogen-bond acceptors (Lipinski definition) is 5. The van der Waals surface area contributed by atoms with Crippen LogP contribution in [0.4, 0.5) is 5.82 Å². The first-order chi connectivity index (χ1) is 11.3. The van der Waals surface area contributed by atoms with Gasteiger partial charge >= 0.3 is 0 Å². The summed E-state index contributed by atoms with van der Waals surface area (Å²) in [6, 6.07) is 9.84. The average Bonchev–Trinajstić information content (AvgIpc) is 2.58. The molecule has 0 amide bonds. The molecule has 5 heteroatoms. The lowest BCUT2D eigenvalue weighted by atomic mass is 10.2. The number of aromatic nitrogens is 2. The minimum Gasteiger partial charge on any atom is -0.439 e. The number of nitrogens with zero attached hydrogens (tertiary/aromatic N) is 4. The first-order valence-corrected chi connectivity index (χ1v) is 7.90. The maximum atomic E-state index is 5.90. The van der Waals surface area contributed by atoms with Crippen LogP contribution in [0.25, 0.3) is 0 Å². The summed E-state index contributed by atoms with van der Waals surface area (Å²) in [5.74, 6) is 2.33. The maximum absolute atomic E-state index is 5.90. The van der Waals surface area contributed by atoms with Crippen molar-refractivity contribution in [1.29, 1.82) is 0 Å². The van der Waals surface area contributed by atoms with E-state index in [1.54, 1.807) is 6.33 Å². The van der Waals surface area contributed by atoms with Crippen LogP contribution in [-0.2, 0) is 0 Å². The summed E-state index contributed by atoms with van der Waals surface area (Å²) in [6.07, 6.45) is 3.52. The van der Waals surface area contributed by atoms with E-state index in [1.807, 2.05) is 43.3 Å². The van der Waals surface area contributed by atoms with Gasteiger partial charge in [-0.2, -0.15) is 0 Å². The Bertz CT molecular complexity index is 666. The van der Waals surface area contributed by atoms with Crippen molar-refractivity contribution in [3.63, 3.8) is 0 Å². The lowest BCUT2D eigenvalue weighted by Gasteiger charge is -2.34. The molecular formula is C18H22N4O. The zero-order chi connectivity index (χ0) is 16.1. The van der Waals surface area contributed by atoms with Gasteiger partial charge in [0.25, 0.3) is 0 Å². The second-order valence-corrected chi connectivity index (χ2v) is 5.66. The van der Waals surface area contributed by atoms with Crippen LogP contribution in [0.1, 0.15) is 5.56 Å². The fourth-order valence-corrected chi connectivity index (χ4v) is 2.68. The van der Waals surface area contributed by atoms with E-state index in [2.05, 4.69) is 26.3 Å². The van der Waals surface area contributed by atoms with Gasteiger partial charge in [0.2, 0.25) is 5.88 Å². The van der Waals surface area contributed by atoms with Crippen molar-refractivity contribution in [2.75, 3.05) is 37.6 Å². The smallest absolute Gasteiger partial charge is 0.224 e. The number of para-hydroxylation sites is 1. The molecule has 1 aromatic carbocycles. The van der Waals surface area contributed by atoms with E-state index in [1.165, 1.54) is 0 Å². The summed E-state index contributed by atoms with van der Waals surface area (Å²) in [5, 5.41) is 0. The molecule has 1 saturated heterocycles. The van der Waals surface area contributed by atoms with Gasteiger partial charge in [-0.25, -0.2) is 9.97 Å². The van der Waals surface area contributed by atoms with Crippen molar-refractivity contribution in [2.45, 2.75) is 6.92 Å². The Balaban J connectivity index is 1.68. The highest BCUT2D eigenvalue weighted by atomic mass is 16.5. The molecule has 0 N–H and O–H groups in total. The number of anilines is 1. The van der Waals surface area contributed by atoms with Crippen LogP contribution in [-0.4, -0.2) is 47.6 Å².